The summed E-state index contributed by atoms with van der Waals surface area (Å²) in [6, 6.07) is -0.0602. The number of hydrazone groups is 1. The molecule has 2 heterocycles. The summed E-state index contributed by atoms with van der Waals surface area (Å²) in [6.45, 7) is 0.745. The molecule has 2 aliphatic rings. The smallest absolute Gasteiger partial charge is 0.249 e. The molecule has 13 heavy (non-hydrogen) atoms. The van der Waals surface area contributed by atoms with Gasteiger partial charge in [-0.3, -0.25) is 9.80 Å². The first kappa shape index (κ1) is 8.29. The molecule has 4 nitrogen and oxygen atoms in total. The van der Waals surface area contributed by atoms with Gasteiger partial charge in [-0.2, -0.15) is 5.10 Å². The van der Waals surface area contributed by atoms with Crippen LogP contribution >= 0.6 is 0 Å². The van der Waals surface area contributed by atoms with Crippen LogP contribution < -0.4 is 5.32 Å². The molecule has 0 saturated carbocycles. The fraction of sp³-hybridized carbons (Fsp3) is 0.556. The first-order valence-corrected chi connectivity index (χ1v) is 4.62. The molecule has 1 N–H and O–H groups in total. The van der Waals surface area contributed by atoms with E-state index in [-0.39, 0.29) is 11.9 Å². The first-order valence-electron chi connectivity index (χ1n) is 4.62. The Morgan fingerprint density at radius 3 is 3.38 bits per heavy atom. The Balaban J connectivity index is 2.15. The largest absolute Gasteiger partial charge is 0.314 e. The van der Waals surface area contributed by atoms with Crippen LogP contribution in [0.3, 0.4) is 0 Å². The zero-order chi connectivity index (χ0) is 9.10. The van der Waals surface area contributed by atoms with Crippen LogP contribution in [0.5, 0.6) is 0 Å². The quantitative estimate of drug-likeness (QED) is 0.549. The number of hydrogen-bond donors (Lipinski definition) is 1. The summed E-state index contributed by atoms with van der Waals surface area (Å²) in [6.07, 6.45) is 8.71. The van der Waals surface area contributed by atoms with Crippen molar-refractivity contribution in [2.75, 3.05) is 6.54 Å². The fourth-order valence-corrected chi connectivity index (χ4v) is 1.66. The van der Waals surface area contributed by atoms with Gasteiger partial charge in [0.25, 0.3) is 0 Å². The molecule has 0 spiro atoms. The van der Waals surface area contributed by atoms with Gasteiger partial charge in [0, 0.05) is 0 Å². The van der Waals surface area contributed by atoms with Crippen molar-refractivity contribution in [3.8, 4) is 0 Å². The zero-order valence-corrected chi connectivity index (χ0v) is 7.44. The molecule has 0 aliphatic carbocycles. The van der Waals surface area contributed by atoms with Crippen molar-refractivity contribution in [3.05, 3.63) is 12.2 Å². The monoisotopic (exact) mass is 179 g/mol. The van der Waals surface area contributed by atoms with Crippen LogP contribution in [0.4, 0.5) is 0 Å². The number of rotatable bonds is 0. The molecule has 0 fully saturated rings. The van der Waals surface area contributed by atoms with Crippen molar-refractivity contribution < 1.29 is 4.79 Å². The van der Waals surface area contributed by atoms with E-state index >= 15 is 0 Å². The van der Waals surface area contributed by atoms with E-state index in [1.54, 1.807) is 0 Å². The Hall–Kier alpha value is -1.32. The van der Waals surface area contributed by atoms with Gasteiger partial charge in [0.2, 0.25) is 5.91 Å². The average molecular weight is 179 g/mol. The van der Waals surface area contributed by atoms with E-state index in [2.05, 4.69) is 22.6 Å². The number of allylic oxidation sites excluding steroid dienone is 1. The number of hydrogen-bond acceptors (Lipinski definition) is 3. The maximum absolute atomic E-state index is 11.4. The lowest BCUT2D eigenvalue weighted by molar-refractivity contribution is -0.125. The van der Waals surface area contributed by atoms with E-state index in [0.717, 1.165) is 25.8 Å². The summed E-state index contributed by atoms with van der Waals surface area (Å²) < 4.78 is 0. The highest BCUT2D eigenvalue weighted by Crippen LogP contribution is 2.14. The van der Waals surface area contributed by atoms with Crippen molar-refractivity contribution >= 4 is 12.2 Å². The Bertz CT molecular complexity index is 260. The molecular formula is C9H13N3O. The van der Waals surface area contributed by atoms with Gasteiger partial charge in [0.1, 0.15) is 12.4 Å². The molecule has 0 aromatic carbocycles. The number of fused-ring (bicyclic) bond motifs is 1. The van der Waals surface area contributed by atoms with E-state index in [9.17, 15) is 4.79 Å². The van der Waals surface area contributed by atoms with Gasteiger partial charge in [-0.15, -0.1) is 0 Å². The Kier molecular flexibility index (Phi) is 2.29. The lowest BCUT2D eigenvalue weighted by atomic mass is 10.1. The standard InChI is InChI=1S/C9H13N3O/c13-9-8-5-3-1-2-4-6-12(8)11-7-10-9/h2,4,7-8H,1,3,5-6H2,(H,10,11,13). The van der Waals surface area contributed by atoms with Crippen LogP contribution in [0.25, 0.3) is 0 Å². The van der Waals surface area contributed by atoms with Gasteiger partial charge in [-0.25, -0.2) is 0 Å². The number of amides is 1. The second kappa shape index (κ2) is 3.60. The molecule has 0 aromatic rings. The first-order chi connectivity index (χ1) is 6.38. The number of carbonyl (C=O) groups excluding carboxylic acids is 1. The van der Waals surface area contributed by atoms with Crippen LogP contribution in [0.1, 0.15) is 19.3 Å². The third-order valence-electron chi connectivity index (χ3n) is 2.38. The molecule has 1 amide bonds. The molecule has 70 valence electrons. The maximum Gasteiger partial charge on any atom is 0.249 e. The zero-order valence-electron chi connectivity index (χ0n) is 7.44. The highest BCUT2D eigenvalue weighted by Gasteiger charge is 2.26. The molecule has 0 aromatic heterocycles. The molecule has 0 saturated heterocycles. The summed E-state index contributed by atoms with van der Waals surface area (Å²) >= 11 is 0. The normalized spacial score (nSPS) is 27.5. The predicted molar refractivity (Wildman–Crippen MR) is 50.1 cm³/mol. The number of nitrogens with one attached hydrogen (secondary N) is 1. The van der Waals surface area contributed by atoms with E-state index in [0.29, 0.717) is 0 Å². The van der Waals surface area contributed by atoms with Crippen LogP contribution in [-0.2, 0) is 4.79 Å². The van der Waals surface area contributed by atoms with Crippen LogP contribution in [0.2, 0.25) is 0 Å². The summed E-state index contributed by atoms with van der Waals surface area (Å²) in [5.41, 5.74) is 0. The maximum atomic E-state index is 11.4. The minimum absolute atomic E-state index is 0.0602. The van der Waals surface area contributed by atoms with E-state index in [1.165, 1.54) is 6.34 Å². The van der Waals surface area contributed by atoms with Gasteiger partial charge in [-0.05, 0) is 19.3 Å². The average Bonchev–Trinajstić information content (AvgIpc) is 2.07. The molecule has 2 aliphatic heterocycles. The molecule has 1 atom stereocenters. The van der Waals surface area contributed by atoms with Crippen molar-refractivity contribution in [1.82, 2.24) is 10.3 Å². The van der Waals surface area contributed by atoms with Gasteiger partial charge in [0.05, 0.1) is 6.54 Å². The molecule has 4 heteroatoms. The van der Waals surface area contributed by atoms with Crippen LogP contribution in [0.15, 0.2) is 17.3 Å². The minimum atomic E-state index is -0.0602. The Morgan fingerprint density at radius 2 is 2.46 bits per heavy atom. The minimum Gasteiger partial charge on any atom is -0.314 e. The summed E-state index contributed by atoms with van der Waals surface area (Å²) in [7, 11) is 0. The van der Waals surface area contributed by atoms with Gasteiger partial charge in [0.15, 0.2) is 0 Å². The lowest BCUT2D eigenvalue weighted by Gasteiger charge is -2.30. The third kappa shape index (κ3) is 1.71. The van der Waals surface area contributed by atoms with Gasteiger partial charge < -0.3 is 5.32 Å². The summed E-state index contributed by atoms with van der Waals surface area (Å²) in [5.74, 6) is 0.0744. The van der Waals surface area contributed by atoms with Crippen LogP contribution in [-0.4, -0.2) is 29.8 Å². The second-order valence-corrected chi connectivity index (χ2v) is 3.29. The summed E-state index contributed by atoms with van der Waals surface area (Å²) in [5, 5.41) is 8.60. The SMILES string of the molecule is O=C1NC=NN2CC=CCCCC12. The van der Waals surface area contributed by atoms with Crippen molar-refractivity contribution in [3.63, 3.8) is 0 Å². The molecule has 0 bridgehead atoms. The second-order valence-electron chi connectivity index (χ2n) is 3.29. The van der Waals surface area contributed by atoms with E-state index in [1.807, 2.05) is 5.01 Å². The Labute approximate surface area is 77.3 Å². The predicted octanol–water partition coefficient (Wildman–Crippen LogP) is 0.470. The molecule has 1 unspecified atom stereocenters. The van der Waals surface area contributed by atoms with Crippen LogP contribution in [0, 0.1) is 0 Å². The Morgan fingerprint density at radius 1 is 1.54 bits per heavy atom. The van der Waals surface area contributed by atoms with Crippen molar-refractivity contribution in [2.24, 2.45) is 5.10 Å². The van der Waals surface area contributed by atoms with Gasteiger partial charge in [-0.1, -0.05) is 12.2 Å². The third-order valence-corrected chi connectivity index (χ3v) is 2.38. The molecular weight excluding hydrogens is 166 g/mol. The van der Waals surface area contributed by atoms with Gasteiger partial charge >= 0.3 is 0 Å². The van der Waals surface area contributed by atoms with Crippen molar-refractivity contribution in [2.45, 2.75) is 25.3 Å². The molecule has 0 radical (unpaired) electrons. The summed E-state index contributed by atoms with van der Waals surface area (Å²) in [4.78, 5) is 11.4. The van der Waals surface area contributed by atoms with E-state index in [4.69, 9.17) is 0 Å². The number of carbonyl (C=O) groups is 1. The topological polar surface area (TPSA) is 44.7 Å². The highest BCUT2D eigenvalue weighted by atomic mass is 16.2. The number of nitrogens with zero attached hydrogens (tertiary/aromatic N) is 2. The highest BCUT2D eigenvalue weighted by molar-refractivity contribution is 5.92. The van der Waals surface area contributed by atoms with E-state index < -0.39 is 0 Å². The van der Waals surface area contributed by atoms with Crippen molar-refractivity contribution in [1.29, 1.82) is 0 Å². The lowest BCUT2D eigenvalue weighted by Crippen LogP contribution is -2.48. The fourth-order valence-electron chi connectivity index (χ4n) is 1.66. The molecule has 2 rings (SSSR count).